The minimum atomic E-state index is 0.0674. The van der Waals surface area contributed by atoms with E-state index < -0.39 is 0 Å². The highest BCUT2D eigenvalue weighted by Gasteiger charge is 2.44. The van der Waals surface area contributed by atoms with Crippen molar-refractivity contribution in [3.8, 4) is 5.75 Å². The fourth-order valence-electron chi connectivity index (χ4n) is 4.26. The molecule has 0 spiro atoms. The van der Waals surface area contributed by atoms with Gasteiger partial charge in [-0.15, -0.1) is 0 Å². The average Bonchev–Trinajstić information content (AvgIpc) is 3.20. The number of aromatic nitrogens is 1. The molecule has 1 N–H and O–H groups in total. The molecule has 130 valence electrons. The van der Waals surface area contributed by atoms with Gasteiger partial charge in [0.05, 0.1) is 12.3 Å². The van der Waals surface area contributed by atoms with Crippen molar-refractivity contribution < 1.29 is 14.3 Å². The van der Waals surface area contributed by atoms with Gasteiger partial charge in [-0.05, 0) is 37.8 Å². The normalized spacial score (nSPS) is 31.9. The monoisotopic (exact) mass is 331 g/mol. The molecule has 3 atom stereocenters. The Balaban J connectivity index is 1.32. The second-order valence-electron chi connectivity index (χ2n) is 7.01. The molecule has 6 heteroatoms. The van der Waals surface area contributed by atoms with Crippen molar-refractivity contribution in [3.63, 3.8) is 0 Å². The van der Waals surface area contributed by atoms with E-state index in [4.69, 9.17) is 9.47 Å². The zero-order valence-electron chi connectivity index (χ0n) is 13.9. The Kier molecular flexibility index (Phi) is 4.56. The summed E-state index contributed by atoms with van der Waals surface area (Å²) < 4.78 is 11.6. The summed E-state index contributed by atoms with van der Waals surface area (Å²) >= 11 is 0. The first-order valence-electron chi connectivity index (χ1n) is 9.04. The number of hydrogen-bond acceptors (Lipinski definition) is 4. The maximum atomic E-state index is 12.6. The topological polar surface area (TPSA) is 63.7 Å². The second-order valence-corrected chi connectivity index (χ2v) is 7.01. The van der Waals surface area contributed by atoms with Gasteiger partial charge in [0.15, 0.2) is 0 Å². The molecule has 6 nitrogen and oxygen atoms in total. The van der Waals surface area contributed by atoms with Gasteiger partial charge in [0, 0.05) is 44.3 Å². The molecule has 3 saturated heterocycles. The minimum Gasteiger partial charge on any atom is -0.489 e. The smallest absolute Gasteiger partial charge is 0.317 e. The van der Waals surface area contributed by atoms with Crippen molar-refractivity contribution in [2.45, 2.75) is 62.8 Å². The van der Waals surface area contributed by atoms with Crippen LogP contribution in [0.25, 0.3) is 0 Å². The van der Waals surface area contributed by atoms with Gasteiger partial charge in [0.25, 0.3) is 0 Å². The minimum absolute atomic E-state index is 0.0674. The molecule has 4 rings (SSSR count). The maximum Gasteiger partial charge on any atom is 0.317 e. The van der Waals surface area contributed by atoms with E-state index in [1.54, 1.807) is 12.4 Å². The van der Waals surface area contributed by atoms with E-state index in [9.17, 15) is 4.79 Å². The number of piperidine rings is 1. The van der Waals surface area contributed by atoms with Gasteiger partial charge in [-0.1, -0.05) is 0 Å². The lowest BCUT2D eigenvalue weighted by molar-refractivity contribution is 0.0649. The van der Waals surface area contributed by atoms with E-state index in [1.165, 1.54) is 0 Å². The molecule has 3 unspecified atom stereocenters. The Morgan fingerprint density at radius 2 is 2.17 bits per heavy atom. The Hall–Kier alpha value is -1.82. The molecule has 2 bridgehead atoms. The number of ether oxygens (including phenoxy) is 2. The summed E-state index contributed by atoms with van der Waals surface area (Å²) in [6.45, 7) is 1.45. The van der Waals surface area contributed by atoms with Crippen molar-refractivity contribution >= 4 is 6.03 Å². The quantitative estimate of drug-likeness (QED) is 0.920. The number of rotatable bonds is 4. The van der Waals surface area contributed by atoms with E-state index in [2.05, 4.69) is 15.2 Å². The van der Waals surface area contributed by atoms with Gasteiger partial charge < -0.3 is 19.7 Å². The fraction of sp³-hybridized carbons (Fsp3) is 0.667. The lowest BCUT2D eigenvalue weighted by atomic mass is 10.00. The maximum absolute atomic E-state index is 12.6. The van der Waals surface area contributed by atoms with Crippen LogP contribution in [0.4, 0.5) is 4.79 Å². The number of nitrogens with zero attached hydrogens (tertiary/aromatic N) is 2. The number of pyridine rings is 1. The highest BCUT2D eigenvalue weighted by molar-refractivity contribution is 5.75. The van der Waals surface area contributed by atoms with Crippen LogP contribution < -0.4 is 10.1 Å². The van der Waals surface area contributed by atoms with Crippen LogP contribution in [0, 0.1) is 0 Å². The highest BCUT2D eigenvalue weighted by Crippen LogP contribution is 2.37. The molecule has 0 radical (unpaired) electrons. The van der Waals surface area contributed by atoms with Crippen molar-refractivity contribution in [2.75, 3.05) is 13.2 Å². The number of nitrogens with one attached hydrogen (secondary N) is 1. The van der Waals surface area contributed by atoms with Crippen molar-refractivity contribution in [1.82, 2.24) is 15.2 Å². The molecular formula is C18H25N3O3. The molecule has 2 amide bonds. The van der Waals surface area contributed by atoms with Gasteiger partial charge in [-0.3, -0.25) is 4.98 Å². The van der Waals surface area contributed by atoms with Gasteiger partial charge in [0.2, 0.25) is 0 Å². The van der Waals surface area contributed by atoms with Crippen LogP contribution in [0.1, 0.15) is 38.5 Å². The fourth-order valence-corrected chi connectivity index (χ4v) is 4.26. The summed E-state index contributed by atoms with van der Waals surface area (Å²) in [5.41, 5.74) is 0. The molecule has 1 aromatic heterocycles. The predicted molar refractivity (Wildman–Crippen MR) is 88.9 cm³/mol. The highest BCUT2D eigenvalue weighted by atomic mass is 16.5. The molecule has 3 fully saturated rings. The van der Waals surface area contributed by atoms with Crippen LogP contribution in [-0.4, -0.2) is 53.4 Å². The lowest BCUT2D eigenvalue weighted by Gasteiger charge is -2.38. The van der Waals surface area contributed by atoms with Gasteiger partial charge >= 0.3 is 6.03 Å². The summed E-state index contributed by atoms with van der Waals surface area (Å²) in [5, 5.41) is 3.07. The van der Waals surface area contributed by atoms with E-state index in [1.807, 2.05) is 12.1 Å². The summed E-state index contributed by atoms with van der Waals surface area (Å²) in [4.78, 5) is 18.7. The number of carbonyl (C=O) groups excluding carboxylic acids is 1. The third-order valence-corrected chi connectivity index (χ3v) is 5.37. The summed E-state index contributed by atoms with van der Waals surface area (Å²) in [5.74, 6) is 0.818. The van der Waals surface area contributed by atoms with Crippen LogP contribution in [0.2, 0.25) is 0 Å². The number of amides is 2. The number of hydrogen-bond donors (Lipinski definition) is 1. The van der Waals surface area contributed by atoms with E-state index in [0.717, 1.165) is 50.9 Å². The van der Waals surface area contributed by atoms with Gasteiger partial charge in [0.1, 0.15) is 11.9 Å². The molecule has 0 aromatic carbocycles. The number of carbonyl (C=O) groups is 1. The van der Waals surface area contributed by atoms with Crippen LogP contribution in [-0.2, 0) is 4.74 Å². The molecule has 1 aromatic rings. The summed E-state index contributed by atoms with van der Waals surface area (Å²) in [7, 11) is 0. The molecule has 4 heterocycles. The molecule has 0 aliphatic carbocycles. The number of urea groups is 1. The van der Waals surface area contributed by atoms with Crippen molar-refractivity contribution in [1.29, 1.82) is 0 Å². The number of fused-ring (bicyclic) bond motifs is 2. The van der Waals surface area contributed by atoms with E-state index in [0.29, 0.717) is 6.54 Å². The Morgan fingerprint density at radius 3 is 2.83 bits per heavy atom. The van der Waals surface area contributed by atoms with E-state index in [-0.39, 0.29) is 30.3 Å². The lowest BCUT2D eigenvalue weighted by Crippen LogP contribution is -2.53. The second kappa shape index (κ2) is 6.97. The summed E-state index contributed by atoms with van der Waals surface area (Å²) in [6.07, 6.45) is 9.97. The first-order valence-corrected chi connectivity index (χ1v) is 9.04. The van der Waals surface area contributed by atoms with Crippen molar-refractivity contribution in [3.05, 3.63) is 24.5 Å². The Morgan fingerprint density at radius 1 is 1.33 bits per heavy atom. The largest absolute Gasteiger partial charge is 0.489 e. The molecule has 0 saturated carbocycles. The van der Waals surface area contributed by atoms with Crippen LogP contribution >= 0.6 is 0 Å². The Bertz CT molecular complexity index is 548. The molecule has 3 aliphatic heterocycles. The predicted octanol–water partition coefficient (Wildman–Crippen LogP) is 2.34. The zero-order chi connectivity index (χ0) is 16.4. The first-order chi connectivity index (χ1) is 11.8. The van der Waals surface area contributed by atoms with Crippen LogP contribution in [0.3, 0.4) is 0 Å². The first kappa shape index (κ1) is 15.7. The Labute approximate surface area is 142 Å². The zero-order valence-corrected chi connectivity index (χ0v) is 13.9. The third kappa shape index (κ3) is 3.34. The van der Waals surface area contributed by atoms with Gasteiger partial charge in [-0.25, -0.2) is 4.79 Å². The molecule has 3 aliphatic rings. The molecule has 24 heavy (non-hydrogen) atoms. The molecular weight excluding hydrogens is 306 g/mol. The van der Waals surface area contributed by atoms with Crippen LogP contribution in [0.15, 0.2) is 24.5 Å². The van der Waals surface area contributed by atoms with Crippen molar-refractivity contribution in [2.24, 2.45) is 0 Å². The standard InChI is InChI=1S/C18H25N3O3/c22-18(20-12-15-4-2-8-23-15)21-13-5-6-14(21)10-17(9-13)24-16-3-1-7-19-11-16/h1,3,7,11,13-15,17H,2,4-6,8-10,12H2,(H,20,22). The van der Waals surface area contributed by atoms with Crippen LogP contribution in [0.5, 0.6) is 5.75 Å². The summed E-state index contributed by atoms with van der Waals surface area (Å²) in [6, 6.07) is 4.47. The van der Waals surface area contributed by atoms with Gasteiger partial charge in [-0.2, -0.15) is 0 Å². The van der Waals surface area contributed by atoms with E-state index >= 15 is 0 Å². The SMILES string of the molecule is O=C(NCC1CCCO1)N1C2CCC1CC(Oc1cccnc1)C2. The third-order valence-electron chi connectivity index (χ3n) is 5.37. The average molecular weight is 331 g/mol.